The lowest BCUT2D eigenvalue weighted by Crippen LogP contribution is -2.47. The Morgan fingerprint density at radius 3 is 2.42 bits per heavy atom. The van der Waals surface area contributed by atoms with Crippen LogP contribution >= 0.6 is 11.6 Å². The maximum Gasteiger partial charge on any atom is 0.439 e. The quantitative estimate of drug-likeness (QED) is 0.0574. The highest BCUT2D eigenvalue weighted by molar-refractivity contribution is 8.02. The largest absolute Gasteiger partial charge is 0.455 e. The molecule has 0 radical (unpaired) electrons. The van der Waals surface area contributed by atoms with Crippen molar-refractivity contribution in [3.05, 3.63) is 123 Å². The Bertz CT molecular complexity index is 3070. The lowest BCUT2D eigenvalue weighted by atomic mass is 9.72. The molecule has 5 aromatic rings. The summed E-state index contributed by atoms with van der Waals surface area (Å²) in [5.41, 5.74) is 5.70. The van der Waals surface area contributed by atoms with E-state index in [1.54, 1.807) is 44.3 Å². The number of pyridine rings is 1. The number of allylic oxidation sites excluding steroid dienone is 1. The van der Waals surface area contributed by atoms with Gasteiger partial charge in [-0.1, -0.05) is 62.0 Å². The summed E-state index contributed by atoms with van der Waals surface area (Å²) in [4.78, 5) is 52.1. The summed E-state index contributed by atoms with van der Waals surface area (Å²) >= 11 is 6.26. The Labute approximate surface area is 421 Å². The minimum absolute atomic E-state index is 0.0366. The number of carbonyl (C=O) groups is 2. The highest BCUT2D eigenvalue weighted by Crippen LogP contribution is 2.43. The zero-order valence-corrected chi connectivity index (χ0v) is 43.4. The van der Waals surface area contributed by atoms with Crippen LogP contribution in [0.3, 0.4) is 0 Å². The van der Waals surface area contributed by atoms with Crippen LogP contribution < -0.4 is 14.4 Å². The first kappa shape index (κ1) is 51.6. The van der Waals surface area contributed by atoms with Crippen LogP contribution in [-0.4, -0.2) is 121 Å². The van der Waals surface area contributed by atoms with Gasteiger partial charge in [0.25, 0.3) is 21.6 Å². The number of H-pyrrole nitrogens is 1. The van der Waals surface area contributed by atoms with E-state index < -0.39 is 41.3 Å². The third-order valence-electron chi connectivity index (χ3n) is 13.5. The summed E-state index contributed by atoms with van der Waals surface area (Å²) in [5, 5.41) is 13.9. The number of carbonyl (C=O) groups excluding carboxylic acids is 2. The summed E-state index contributed by atoms with van der Waals surface area (Å²) < 4.78 is 45.8. The zero-order valence-electron chi connectivity index (χ0n) is 41.0. The average molecular weight is 1030 g/mol. The number of halogens is 1. The summed E-state index contributed by atoms with van der Waals surface area (Å²) in [5.74, 6) is 4.97. The SMILES string of the molecule is C=S1(=NC(=O)OC(C)C)CCN(C[C@H](C)Cc2ccc(S(=O)(=O)NC(=O)c3ccc(N4CCN(CC5=C(c6ccc(Cl)cc6)CC(C)(C)CC5)CC4)cc3Oc3cnc4[nH]ccc4c3)cc2[N+](=O)[O-])CC1. The minimum atomic E-state index is -4.60. The van der Waals surface area contributed by atoms with Crippen LogP contribution in [0.25, 0.3) is 16.6 Å². The first-order chi connectivity index (χ1) is 33.7. The summed E-state index contributed by atoms with van der Waals surface area (Å²) in [6, 6.07) is 20.6. The van der Waals surface area contributed by atoms with Gasteiger partial charge in [0, 0.05) is 104 Å². The first-order valence-electron chi connectivity index (χ1n) is 24.0. The van der Waals surface area contributed by atoms with Crippen LogP contribution in [0.4, 0.5) is 16.2 Å². The Kier molecular flexibility index (Phi) is 15.6. The van der Waals surface area contributed by atoms with E-state index in [4.69, 9.17) is 21.1 Å². The van der Waals surface area contributed by atoms with Crippen molar-refractivity contribution in [2.75, 3.05) is 68.8 Å². The maximum atomic E-state index is 14.1. The molecule has 16 nitrogen and oxygen atoms in total. The van der Waals surface area contributed by atoms with Crippen molar-refractivity contribution in [2.45, 2.75) is 71.3 Å². The molecular formula is C52H63ClN8O8S2. The number of nitro groups is 1. The van der Waals surface area contributed by atoms with Crippen molar-refractivity contribution in [3.8, 4) is 11.5 Å². The molecule has 2 aromatic heterocycles. The lowest BCUT2D eigenvalue weighted by Gasteiger charge is -2.39. The fourth-order valence-electron chi connectivity index (χ4n) is 9.62. The fraction of sp³-hybridized carbons (Fsp3) is 0.423. The molecule has 2 fully saturated rings. The van der Waals surface area contributed by atoms with Gasteiger partial charge in [0.2, 0.25) is 0 Å². The maximum absolute atomic E-state index is 14.1. The molecule has 2 N–H and O–H groups in total. The first-order valence-corrected chi connectivity index (χ1v) is 28.0. The molecule has 1 atom stereocenters. The number of hydrogen-bond donors (Lipinski definition) is 2. The second-order valence-corrected chi connectivity index (χ2v) is 25.2. The number of fused-ring (bicyclic) bond motifs is 1. The van der Waals surface area contributed by atoms with Crippen molar-refractivity contribution in [2.24, 2.45) is 15.7 Å². The predicted octanol–water partition coefficient (Wildman–Crippen LogP) is 9.63. The molecule has 4 heterocycles. The molecule has 19 heteroatoms. The number of sulfonamides is 1. The molecule has 0 bridgehead atoms. The molecule has 1 aliphatic carbocycles. The molecule has 0 unspecified atom stereocenters. The summed E-state index contributed by atoms with van der Waals surface area (Å²) in [7, 11) is -6.36. The van der Waals surface area contributed by atoms with Gasteiger partial charge in [-0.15, -0.1) is 9.41 Å². The minimum Gasteiger partial charge on any atom is -0.455 e. The number of ether oxygens (including phenoxy) is 2. The van der Waals surface area contributed by atoms with Gasteiger partial charge in [-0.25, -0.2) is 22.9 Å². The van der Waals surface area contributed by atoms with Crippen LogP contribution in [0.15, 0.2) is 100 Å². The van der Waals surface area contributed by atoms with Gasteiger partial charge in [0.1, 0.15) is 17.1 Å². The highest BCUT2D eigenvalue weighted by atomic mass is 35.5. The van der Waals surface area contributed by atoms with Gasteiger partial charge in [-0.05, 0) is 104 Å². The van der Waals surface area contributed by atoms with Crippen molar-refractivity contribution in [1.82, 2.24) is 24.5 Å². The van der Waals surface area contributed by atoms with Gasteiger partial charge < -0.3 is 24.3 Å². The van der Waals surface area contributed by atoms with Crippen LogP contribution in [0, 0.1) is 21.4 Å². The fourth-order valence-corrected chi connectivity index (χ4v) is 12.7. The molecule has 3 aromatic carbocycles. The van der Waals surface area contributed by atoms with Crippen LogP contribution in [0.2, 0.25) is 5.02 Å². The summed E-state index contributed by atoms with van der Waals surface area (Å²) in [6.07, 6.45) is 5.90. The van der Waals surface area contributed by atoms with Gasteiger partial charge >= 0.3 is 6.09 Å². The van der Waals surface area contributed by atoms with Gasteiger partial charge in [-0.2, -0.15) is 4.36 Å². The van der Waals surface area contributed by atoms with Crippen molar-refractivity contribution < 1.29 is 32.4 Å². The van der Waals surface area contributed by atoms with E-state index in [0.29, 0.717) is 67.6 Å². The average Bonchev–Trinajstić information content (AvgIpc) is 3.78. The van der Waals surface area contributed by atoms with E-state index in [0.717, 1.165) is 61.1 Å². The third-order valence-corrected chi connectivity index (χ3v) is 17.5. The molecule has 3 aliphatic rings. The van der Waals surface area contributed by atoms with E-state index in [2.05, 4.69) is 65.6 Å². The predicted molar refractivity (Wildman–Crippen MR) is 283 cm³/mol. The van der Waals surface area contributed by atoms with Crippen LogP contribution in [-0.2, 0) is 30.6 Å². The number of nitrogens with one attached hydrogen (secondary N) is 2. The van der Waals surface area contributed by atoms with E-state index in [9.17, 15) is 28.1 Å². The zero-order chi connectivity index (χ0) is 50.7. The van der Waals surface area contributed by atoms with Crippen LogP contribution in [0.5, 0.6) is 11.5 Å². The molecule has 2 saturated heterocycles. The van der Waals surface area contributed by atoms with Gasteiger partial charge in [0.15, 0.2) is 0 Å². The third kappa shape index (κ3) is 13.0. The van der Waals surface area contributed by atoms with Gasteiger partial charge in [0.05, 0.1) is 27.7 Å². The number of aromatic amines is 1. The number of aromatic nitrogens is 2. The summed E-state index contributed by atoms with van der Waals surface area (Å²) in [6.45, 7) is 16.0. The molecule has 378 valence electrons. The van der Waals surface area contributed by atoms with Crippen molar-refractivity contribution >= 4 is 76.9 Å². The van der Waals surface area contributed by atoms with E-state index in [-0.39, 0.29) is 34.4 Å². The molecule has 71 heavy (non-hydrogen) atoms. The number of rotatable bonds is 15. The topological polar surface area (TPSA) is 193 Å². The number of anilines is 1. The Morgan fingerprint density at radius 2 is 1.72 bits per heavy atom. The standard InChI is InChI=1S/C52H63ClN8O8S2/c1-35(2)68-51(63)57-70(6)25-23-59(24-26-70)33-36(3)27-38-9-13-44(30-47(38)61(64)65)71(66,67)56-50(62)45-14-12-42(29-48(45)69-43-28-39-16-18-54-49(39)55-32-43)60-21-19-58(20-22-60)34-40-15-17-52(4,5)31-46(40)37-7-10-41(53)11-8-37/h7-14,16,18,28-30,32,35-36H,6,15,17,19-27,31,33-34H2,1-5H3,(H,54,55)(H,56,62)/t36-/m1/s1. The number of nitrogens with zero attached hydrogens (tertiary/aromatic N) is 6. The monoisotopic (exact) mass is 1030 g/mol. The van der Waals surface area contributed by atoms with Crippen molar-refractivity contribution in [1.29, 1.82) is 0 Å². The Balaban J connectivity index is 0.958. The number of benzene rings is 3. The smallest absolute Gasteiger partial charge is 0.439 e. The van der Waals surface area contributed by atoms with Crippen molar-refractivity contribution in [3.63, 3.8) is 0 Å². The van der Waals surface area contributed by atoms with Gasteiger partial charge in [-0.3, -0.25) is 19.8 Å². The molecule has 0 spiro atoms. The van der Waals surface area contributed by atoms with E-state index in [1.807, 2.05) is 25.1 Å². The number of piperazine rings is 1. The second-order valence-electron chi connectivity index (χ2n) is 20.1. The molecule has 2 aliphatic heterocycles. The number of amides is 2. The van der Waals surface area contributed by atoms with E-state index >= 15 is 0 Å². The number of hydrogen-bond acceptors (Lipinski definition) is 12. The number of nitro benzene ring substituents is 1. The highest BCUT2D eigenvalue weighted by Gasteiger charge is 2.31. The molecule has 0 saturated carbocycles. The lowest BCUT2D eigenvalue weighted by molar-refractivity contribution is -0.385. The van der Waals surface area contributed by atoms with Crippen LogP contribution in [0.1, 0.15) is 75.4 Å². The van der Waals surface area contributed by atoms with E-state index in [1.165, 1.54) is 35.0 Å². The molecule has 2 amide bonds. The second kappa shape index (κ2) is 21.5. The Morgan fingerprint density at radius 1 is 0.986 bits per heavy atom. The normalized spacial score (nSPS) is 18.0. The Hall–Kier alpha value is -5.79. The molecular weight excluding hydrogens is 964 g/mol. The molecule has 8 rings (SSSR count).